The number of urea groups is 1. The van der Waals surface area contributed by atoms with Crippen LogP contribution in [0.15, 0.2) is 67.4 Å². The van der Waals surface area contributed by atoms with Gasteiger partial charge in [0.1, 0.15) is 35.7 Å². The number of carbonyl (C=O) groups is 2. The summed E-state index contributed by atoms with van der Waals surface area (Å²) in [6.07, 6.45) is -0.829. The van der Waals surface area contributed by atoms with E-state index in [1.165, 1.54) is 54.7 Å². The fourth-order valence-electron chi connectivity index (χ4n) is 3.16. The van der Waals surface area contributed by atoms with Crippen molar-refractivity contribution in [3.05, 3.63) is 84.5 Å². The van der Waals surface area contributed by atoms with E-state index in [2.05, 4.69) is 31.1 Å². The van der Waals surface area contributed by atoms with Gasteiger partial charge in [-0.15, -0.1) is 10.2 Å². The van der Waals surface area contributed by atoms with Crippen molar-refractivity contribution in [2.75, 3.05) is 17.7 Å². The summed E-state index contributed by atoms with van der Waals surface area (Å²) in [6, 6.07) is 8.10. The lowest BCUT2D eigenvalue weighted by atomic mass is 10.1. The number of nitrogens with zero attached hydrogens (tertiary/aromatic N) is 4. The summed E-state index contributed by atoms with van der Waals surface area (Å²) < 4.78 is 61.1. The van der Waals surface area contributed by atoms with Crippen LogP contribution in [0.1, 0.15) is 16.1 Å². The molecule has 0 radical (unpaired) electrons. The predicted octanol–water partition coefficient (Wildman–Crippen LogP) is 4.62. The zero-order valence-electron chi connectivity index (χ0n) is 18.9. The van der Waals surface area contributed by atoms with Crippen LogP contribution in [0.5, 0.6) is 11.5 Å². The molecule has 0 saturated heterocycles. The van der Waals surface area contributed by atoms with Gasteiger partial charge in [0.05, 0.1) is 22.6 Å². The first kappa shape index (κ1) is 25.1. The van der Waals surface area contributed by atoms with Crippen LogP contribution < -0.4 is 20.7 Å². The number of halogens is 4. The van der Waals surface area contributed by atoms with E-state index in [4.69, 9.17) is 4.74 Å². The van der Waals surface area contributed by atoms with Gasteiger partial charge in [0.2, 0.25) is 0 Å². The normalized spacial score (nSPS) is 11.1. The van der Waals surface area contributed by atoms with Crippen LogP contribution in [0, 0.1) is 5.82 Å². The zero-order chi connectivity index (χ0) is 26.6. The molecule has 3 N–H and O–H groups in total. The van der Waals surface area contributed by atoms with Crippen LogP contribution in [0.3, 0.4) is 0 Å². The van der Waals surface area contributed by atoms with Gasteiger partial charge in [0.15, 0.2) is 0 Å². The van der Waals surface area contributed by atoms with Gasteiger partial charge >= 0.3 is 12.2 Å². The van der Waals surface area contributed by atoms with Crippen molar-refractivity contribution in [1.29, 1.82) is 0 Å². The SMILES string of the molecule is CNC(=O)c1cc(Oc2ccc(NC(=O)Nc3cc(C(F)(F)F)ccc3-n3cnnc3)c(F)c2)ccn1. The number of hydrogen-bond acceptors (Lipinski definition) is 6. The Morgan fingerprint density at radius 3 is 2.30 bits per heavy atom. The van der Waals surface area contributed by atoms with Crippen molar-refractivity contribution < 1.29 is 31.9 Å². The predicted molar refractivity (Wildman–Crippen MR) is 123 cm³/mol. The third-order valence-electron chi connectivity index (χ3n) is 4.88. The lowest BCUT2D eigenvalue weighted by molar-refractivity contribution is -0.137. The highest BCUT2D eigenvalue weighted by Gasteiger charge is 2.31. The van der Waals surface area contributed by atoms with Crippen LogP contribution >= 0.6 is 0 Å². The van der Waals surface area contributed by atoms with Crippen molar-refractivity contribution in [1.82, 2.24) is 25.1 Å². The average molecular weight is 515 g/mol. The van der Waals surface area contributed by atoms with Crippen molar-refractivity contribution >= 4 is 23.3 Å². The van der Waals surface area contributed by atoms with E-state index in [0.717, 1.165) is 24.3 Å². The molecular weight excluding hydrogens is 498 g/mol. The molecule has 4 rings (SSSR count). The molecule has 2 heterocycles. The monoisotopic (exact) mass is 515 g/mol. The fourth-order valence-corrected chi connectivity index (χ4v) is 3.16. The van der Waals surface area contributed by atoms with E-state index >= 15 is 0 Å². The second kappa shape index (κ2) is 10.3. The van der Waals surface area contributed by atoms with Crippen LogP contribution in [-0.2, 0) is 6.18 Å². The molecule has 0 aliphatic heterocycles. The number of aromatic nitrogens is 4. The van der Waals surface area contributed by atoms with Gasteiger partial charge in [-0.25, -0.2) is 9.18 Å². The quantitative estimate of drug-likeness (QED) is 0.322. The highest BCUT2D eigenvalue weighted by atomic mass is 19.4. The highest BCUT2D eigenvalue weighted by molar-refractivity contribution is 6.01. The van der Waals surface area contributed by atoms with E-state index in [1.54, 1.807) is 0 Å². The first-order valence-electron chi connectivity index (χ1n) is 10.4. The van der Waals surface area contributed by atoms with Gasteiger partial charge in [-0.1, -0.05) is 0 Å². The van der Waals surface area contributed by atoms with Crippen molar-refractivity contribution in [3.63, 3.8) is 0 Å². The Morgan fingerprint density at radius 1 is 0.919 bits per heavy atom. The van der Waals surface area contributed by atoms with Crippen molar-refractivity contribution in [2.24, 2.45) is 0 Å². The summed E-state index contributed by atoms with van der Waals surface area (Å²) in [5, 5.41) is 14.2. The molecular formula is C23H17F4N7O3. The number of pyridine rings is 1. The third kappa shape index (κ3) is 5.98. The Hall–Kier alpha value is -5.01. The number of hydrogen-bond donors (Lipinski definition) is 3. The molecule has 4 aromatic rings. The molecule has 14 heteroatoms. The summed E-state index contributed by atoms with van der Waals surface area (Å²) in [5.74, 6) is -1.03. The van der Waals surface area contributed by atoms with E-state index in [1.807, 2.05) is 0 Å². The lowest BCUT2D eigenvalue weighted by Gasteiger charge is -2.15. The van der Waals surface area contributed by atoms with E-state index in [-0.39, 0.29) is 34.3 Å². The minimum atomic E-state index is -4.66. The minimum absolute atomic E-state index is 0.0605. The number of benzene rings is 2. The first-order chi connectivity index (χ1) is 17.6. The van der Waals surface area contributed by atoms with Gasteiger partial charge in [-0.2, -0.15) is 13.2 Å². The number of carbonyl (C=O) groups excluding carboxylic acids is 2. The van der Waals surface area contributed by atoms with Gasteiger partial charge in [0.25, 0.3) is 5.91 Å². The minimum Gasteiger partial charge on any atom is -0.457 e. The molecule has 0 aliphatic carbocycles. The van der Waals surface area contributed by atoms with E-state index in [9.17, 15) is 27.2 Å². The van der Waals surface area contributed by atoms with Gasteiger partial charge in [0, 0.05) is 25.4 Å². The summed E-state index contributed by atoms with van der Waals surface area (Å²) in [5.41, 5.74) is -1.22. The topological polar surface area (TPSA) is 123 Å². The fraction of sp³-hybridized carbons (Fsp3) is 0.0870. The first-order valence-corrected chi connectivity index (χ1v) is 10.4. The Labute approximate surface area is 206 Å². The standard InChI is InChI=1S/C23H17F4N7O3/c1-28-21(35)19-10-15(6-7-29-19)37-14-3-4-17(16(24)9-14)32-22(36)33-18-8-13(23(25,26)27)2-5-20(18)34-11-30-31-12-34/h2-12H,1H3,(H,28,35)(H2,32,33,36). The van der Waals surface area contributed by atoms with Gasteiger partial charge < -0.3 is 20.7 Å². The molecule has 2 aromatic heterocycles. The molecule has 0 spiro atoms. The molecule has 37 heavy (non-hydrogen) atoms. The molecule has 2 aromatic carbocycles. The Morgan fingerprint density at radius 2 is 1.62 bits per heavy atom. The van der Waals surface area contributed by atoms with E-state index < -0.39 is 29.5 Å². The van der Waals surface area contributed by atoms with Crippen LogP contribution in [0.25, 0.3) is 5.69 Å². The number of amides is 3. The molecule has 0 bridgehead atoms. The number of anilines is 2. The molecule has 0 saturated carbocycles. The molecule has 190 valence electrons. The molecule has 0 fully saturated rings. The van der Waals surface area contributed by atoms with Crippen molar-refractivity contribution in [2.45, 2.75) is 6.18 Å². The van der Waals surface area contributed by atoms with Gasteiger partial charge in [-0.05, 0) is 36.4 Å². The molecule has 10 nitrogen and oxygen atoms in total. The largest absolute Gasteiger partial charge is 0.457 e. The third-order valence-corrected chi connectivity index (χ3v) is 4.88. The summed E-state index contributed by atoms with van der Waals surface area (Å²) in [6.45, 7) is 0. The van der Waals surface area contributed by atoms with Gasteiger partial charge in [-0.3, -0.25) is 14.3 Å². The van der Waals surface area contributed by atoms with Crippen molar-refractivity contribution in [3.8, 4) is 17.2 Å². The Kier molecular flexibility index (Phi) is 6.99. The smallest absolute Gasteiger partial charge is 0.416 e. The zero-order valence-corrected chi connectivity index (χ0v) is 18.9. The summed E-state index contributed by atoms with van der Waals surface area (Å²) >= 11 is 0. The number of ether oxygens (including phenoxy) is 1. The molecule has 0 aliphatic rings. The number of alkyl halides is 3. The second-order valence-electron chi connectivity index (χ2n) is 7.38. The van der Waals surface area contributed by atoms with E-state index in [0.29, 0.717) is 0 Å². The Bertz CT molecular complexity index is 1440. The number of rotatable bonds is 6. The van der Waals surface area contributed by atoms with Crippen LogP contribution in [-0.4, -0.2) is 38.7 Å². The maximum Gasteiger partial charge on any atom is 0.416 e. The van der Waals surface area contributed by atoms with Crippen LogP contribution in [0.4, 0.5) is 33.7 Å². The molecule has 0 unspecified atom stereocenters. The molecule has 3 amide bonds. The number of nitrogens with one attached hydrogen (secondary N) is 3. The van der Waals surface area contributed by atoms with Crippen LogP contribution in [0.2, 0.25) is 0 Å². The Balaban J connectivity index is 1.50. The maximum atomic E-state index is 14.7. The average Bonchev–Trinajstić information content (AvgIpc) is 3.39. The highest BCUT2D eigenvalue weighted by Crippen LogP contribution is 2.33. The lowest BCUT2D eigenvalue weighted by Crippen LogP contribution is -2.21. The summed E-state index contributed by atoms with van der Waals surface area (Å²) in [4.78, 5) is 28.1. The second-order valence-corrected chi connectivity index (χ2v) is 7.38. The summed E-state index contributed by atoms with van der Waals surface area (Å²) in [7, 11) is 1.44. The molecule has 0 atom stereocenters. The maximum absolute atomic E-state index is 14.7.